The highest BCUT2D eigenvalue weighted by Crippen LogP contribution is 1.72. The van der Waals surface area contributed by atoms with Gasteiger partial charge in [0, 0.05) is 13.8 Å². The van der Waals surface area contributed by atoms with Crippen LogP contribution in [-0.2, 0) is 4.79 Å². The Labute approximate surface area is 42.6 Å². The molecular weight excluding hydrogens is 92.1 g/mol. The van der Waals surface area contributed by atoms with Gasteiger partial charge in [-0.3, -0.25) is 5.01 Å². The smallest absolute Gasteiger partial charge is 0.140 e. The molecule has 0 fully saturated rings. The highest BCUT2D eigenvalue weighted by Gasteiger charge is 1.82. The summed E-state index contributed by atoms with van der Waals surface area (Å²) in [5.74, 6) is 0. The van der Waals surface area contributed by atoms with E-state index in [-0.39, 0.29) is 0 Å². The van der Waals surface area contributed by atoms with Crippen molar-refractivity contribution in [3.63, 3.8) is 0 Å². The molecule has 0 heterocycles. The molecular formula is C4H8N2O. The van der Waals surface area contributed by atoms with E-state index in [4.69, 9.17) is 0 Å². The maximum Gasteiger partial charge on any atom is 0.140 e. The van der Waals surface area contributed by atoms with Gasteiger partial charge < -0.3 is 4.79 Å². The van der Waals surface area contributed by atoms with Gasteiger partial charge in [0.25, 0.3) is 0 Å². The number of rotatable bonds is 3. The fourth-order valence-electron chi connectivity index (χ4n) is 0.166. The highest BCUT2D eigenvalue weighted by atomic mass is 16.1. The van der Waals surface area contributed by atoms with Crippen LogP contribution in [0.3, 0.4) is 0 Å². The van der Waals surface area contributed by atoms with Crippen molar-refractivity contribution >= 4 is 13.0 Å². The average Bonchev–Trinajstić information content (AvgIpc) is 1.68. The van der Waals surface area contributed by atoms with Crippen LogP contribution in [0.15, 0.2) is 5.10 Å². The van der Waals surface area contributed by atoms with E-state index in [0.29, 0.717) is 6.54 Å². The molecule has 3 heteroatoms. The monoisotopic (exact) mass is 100 g/mol. The first-order valence-corrected chi connectivity index (χ1v) is 1.92. The number of hydrogen-bond donors (Lipinski definition) is 0. The van der Waals surface area contributed by atoms with Crippen molar-refractivity contribution in [3.05, 3.63) is 0 Å². The first kappa shape index (κ1) is 6.14. The molecule has 7 heavy (non-hydrogen) atoms. The number of likely N-dealkylation sites (N-methyl/N-ethyl adjacent to an activating group) is 1. The topological polar surface area (TPSA) is 32.7 Å². The highest BCUT2D eigenvalue weighted by molar-refractivity contribution is 5.51. The van der Waals surface area contributed by atoms with Crippen molar-refractivity contribution < 1.29 is 4.79 Å². The van der Waals surface area contributed by atoms with Crippen LogP contribution in [0.4, 0.5) is 0 Å². The van der Waals surface area contributed by atoms with E-state index in [2.05, 4.69) is 11.8 Å². The van der Waals surface area contributed by atoms with Gasteiger partial charge in [-0.2, -0.15) is 5.10 Å². The minimum Gasteiger partial charge on any atom is -0.301 e. The molecule has 0 spiro atoms. The third kappa shape index (κ3) is 2.96. The zero-order valence-corrected chi connectivity index (χ0v) is 4.29. The lowest BCUT2D eigenvalue weighted by Gasteiger charge is -2.03. The number of carbonyl (C=O) groups excluding carboxylic acids is 1. The fourth-order valence-corrected chi connectivity index (χ4v) is 0.166. The first-order valence-electron chi connectivity index (χ1n) is 1.92. The van der Waals surface area contributed by atoms with Crippen LogP contribution in [0.1, 0.15) is 0 Å². The molecule has 0 saturated heterocycles. The molecule has 0 aliphatic carbocycles. The van der Waals surface area contributed by atoms with Crippen molar-refractivity contribution in [3.8, 4) is 0 Å². The van der Waals surface area contributed by atoms with E-state index in [1.54, 1.807) is 7.05 Å². The summed E-state index contributed by atoms with van der Waals surface area (Å²) in [4.78, 5) is 9.64. The summed E-state index contributed by atoms with van der Waals surface area (Å²) >= 11 is 0. The van der Waals surface area contributed by atoms with Gasteiger partial charge in [0.05, 0.1) is 6.54 Å². The van der Waals surface area contributed by atoms with Crippen LogP contribution in [-0.4, -0.2) is 31.6 Å². The number of hydrogen-bond acceptors (Lipinski definition) is 3. The van der Waals surface area contributed by atoms with Crippen molar-refractivity contribution in [2.24, 2.45) is 5.10 Å². The van der Waals surface area contributed by atoms with Crippen LogP contribution < -0.4 is 0 Å². The van der Waals surface area contributed by atoms with E-state index < -0.39 is 0 Å². The lowest BCUT2D eigenvalue weighted by Crippen LogP contribution is -2.11. The maximum atomic E-state index is 9.64. The van der Waals surface area contributed by atoms with Crippen molar-refractivity contribution in [1.29, 1.82) is 0 Å². The van der Waals surface area contributed by atoms with E-state index in [0.717, 1.165) is 6.29 Å². The van der Waals surface area contributed by atoms with Crippen LogP contribution >= 0.6 is 0 Å². The van der Waals surface area contributed by atoms with Crippen molar-refractivity contribution in [2.45, 2.75) is 0 Å². The molecule has 0 aromatic carbocycles. The normalized spacial score (nSPS) is 7.57. The van der Waals surface area contributed by atoms with Crippen LogP contribution in [0.5, 0.6) is 0 Å². The molecule has 0 aliphatic rings. The second-order valence-electron chi connectivity index (χ2n) is 1.15. The Balaban J connectivity index is 3.15. The summed E-state index contributed by atoms with van der Waals surface area (Å²) in [6, 6.07) is 0. The summed E-state index contributed by atoms with van der Waals surface area (Å²) in [6.07, 6.45) is 0.772. The predicted molar refractivity (Wildman–Crippen MR) is 28.2 cm³/mol. The number of aldehydes is 1. The molecule has 40 valence electrons. The van der Waals surface area contributed by atoms with Gasteiger partial charge in [-0.05, 0) is 0 Å². The molecule has 0 aliphatic heterocycles. The number of hydrazone groups is 1. The van der Waals surface area contributed by atoms with E-state index in [9.17, 15) is 4.79 Å². The van der Waals surface area contributed by atoms with Gasteiger partial charge in [-0.15, -0.1) is 0 Å². The largest absolute Gasteiger partial charge is 0.301 e. The Morgan fingerprint density at radius 1 is 2.00 bits per heavy atom. The predicted octanol–water partition coefficient (Wildman–Crippen LogP) is -0.267. The second kappa shape index (κ2) is 3.33. The Morgan fingerprint density at radius 2 is 2.57 bits per heavy atom. The minimum absolute atomic E-state index is 0.323. The molecule has 0 atom stereocenters. The summed E-state index contributed by atoms with van der Waals surface area (Å²) in [5.41, 5.74) is 0. The van der Waals surface area contributed by atoms with Crippen molar-refractivity contribution in [2.75, 3.05) is 13.6 Å². The lowest BCUT2D eigenvalue weighted by atomic mass is 10.7. The maximum absolute atomic E-state index is 9.64. The van der Waals surface area contributed by atoms with Crippen molar-refractivity contribution in [1.82, 2.24) is 5.01 Å². The Kier molecular flexibility index (Phi) is 2.92. The number of carbonyl (C=O) groups is 1. The van der Waals surface area contributed by atoms with Gasteiger partial charge in [0.2, 0.25) is 0 Å². The molecule has 0 unspecified atom stereocenters. The SMILES string of the molecule is C=NN(C)CC=O. The molecule has 0 rings (SSSR count). The Morgan fingerprint density at radius 3 is 2.71 bits per heavy atom. The Hall–Kier alpha value is -0.860. The third-order valence-electron chi connectivity index (χ3n) is 0.580. The van der Waals surface area contributed by atoms with Gasteiger partial charge in [0.1, 0.15) is 6.29 Å². The van der Waals surface area contributed by atoms with Crippen LogP contribution in [0.25, 0.3) is 0 Å². The lowest BCUT2D eigenvalue weighted by molar-refractivity contribution is -0.108. The molecule has 3 nitrogen and oxygen atoms in total. The molecule has 0 saturated carbocycles. The van der Waals surface area contributed by atoms with Gasteiger partial charge in [-0.1, -0.05) is 0 Å². The summed E-state index contributed by atoms with van der Waals surface area (Å²) in [7, 11) is 1.68. The van der Waals surface area contributed by atoms with Gasteiger partial charge in [-0.25, -0.2) is 0 Å². The molecule has 0 aromatic heterocycles. The molecule has 0 amide bonds. The molecule has 0 N–H and O–H groups in total. The first-order chi connectivity index (χ1) is 3.31. The fraction of sp³-hybridized carbons (Fsp3) is 0.500. The summed E-state index contributed by atoms with van der Waals surface area (Å²) in [6.45, 7) is 3.52. The van der Waals surface area contributed by atoms with Crippen LogP contribution in [0, 0.1) is 0 Å². The number of nitrogens with zero attached hydrogens (tertiary/aromatic N) is 2. The third-order valence-corrected chi connectivity index (χ3v) is 0.580. The second-order valence-corrected chi connectivity index (χ2v) is 1.15. The van der Waals surface area contributed by atoms with Gasteiger partial charge in [0.15, 0.2) is 0 Å². The van der Waals surface area contributed by atoms with E-state index in [1.165, 1.54) is 5.01 Å². The average molecular weight is 100 g/mol. The molecule has 0 radical (unpaired) electrons. The summed E-state index contributed by atoms with van der Waals surface area (Å²) < 4.78 is 0. The summed E-state index contributed by atoms with van der Waals surface area (Å²) in [5, 5.41) is 4.88. The van der Waals surface area contributed by atoms with E-state index >= 15 is 0 Å². The standard InChI is InChI=1S/C4H8N2O/c1-5-6(2)3-4-7/h4H,1,3H2,2H3. The van der Waals surface area contributed by atoms with Crippen LogP contribution in [0.2, 0.25) is 0 Å². The zero-order chi connectivity index (χ0) is 5.70. The van der Waals surface area contributed by atoms with Gasteiger partial charge >= 0.3 is 0 Å². The minimum atomic E-state index is 0.323. The quantitative estimate of drug-likeness (QED) is 0.278. The zero-order valence-electron chi connectivity index (χ0n) is 4.29. The molecule has 0 bridgehead atoms. The Bertz CT molecular complexity index is 72.1. The van der Waals surface area contributed by atoms with E-state index in [1.807, 2.05) is 0 Å². The molecule has 0 aromatic rings.